The number of hydrogen-bond donors (Lipinski definition) is 2. The number of anilines is 2. The molecule has 4 nitrogen and oxygen atoms in total. The molecule has 0 aliphatic rings. The number of pyridine rings is 2. The van der Waals surface area contributed by atoms with Gasteiger partial charge in [0, 0.05) is 32.1 Å². The zero-order valence-electron chi connectivity index (χ0n) is 9.74. The quantitative estimate of drug-likeness (QED) is 0.874. The van der Waals surface area contributed by atoms with Crippen LogP contribution in [-0.2, 0) is 6.54 Å². The molecule has 0 bridgehead atoms. The summed E-state index contributed by atoms with van der Waals surface area (Å²) in [6.07, 6.45) is 3.29. The molecule has 2 aromatic rings. The lowest BCUT2D eigenvalue weighted by Crippen LogP contribution is -2.07. The van der Waals surface area contributed by atoms with Crippen molar-refractivity contribution in [1.29, 1.82) is 0 Å². The Hall–Kier alpha value is -2.24. The van der Waals surface area contributed by atoms with Crippen molar-refractivity contribution >= 4 is 11.6 Å². The summed E-state index contributed by atoms with van der Waals surface area (Å²) in [6, 6.07) is 4.40. The Morgan fingerprint density at radius 2 is 1.78 bits per heavy atom. The first-order valence-electron chi connectivity index (χ1n) is 5.37. The summed E-state index contributed by atoms with van der Waals surface area (Å²) in [5.74, 6) is -1.42. The zero-order valence-corrected chi connectivity index (χ0v) is 9.74. The van der Waals surface area contributed by atoms with E-state index < -0.39 is 11.6 Å². The second kappa shape index (κ2) is 5.39. The van der Waals surface area contributed by atoms with E-state index in [0.717, 1.165) is 11.6 Å². The molecular formula is C12H12F2N4. The highest BCUT2D eigenvalue weighted by Crippen LogP contribution is 2.18. The SMILES string of the molecule is CNc1nc(NCc2ccncc2)c(F)cc1F. The van der Waals surface area contributed by atoms with E-state index in [1.807, 2.05) is 0 Å². The van der Waals surface area contributed by atoms with Crippen molar-refractivity contribution in [2.75, 3.05) is 17.7 Å². The van der Waals surface area contributed by atoms with E-state index in [9.17, 15) is 8.78 Å². The summed E-state index contributed by atoms with van der Waals surface area (Å²) in [6.45, 7) is 0.390. The fraction of sp³-hybridized carbons (Fsp3) is 0.167. The fourth-order valence-electron chi connectivity index (χ4n) is 1.45. The Morgan fingerprint density at radius 1 is 1.11 bits per heavy atom. The Bertz CT molecular complexity index is 531. The molecule has 94 valence electrons. The summed E-state index contributed by atoms with van der Waals surface area (Å²) in [4.78, 5) is 7.70. The maximum Gasteiger partial charge on any atom is 0.168 e. The van der Waals surface area contributed by atoms with Gasteiger partial charge in [-0.2, -0.15) is 0 Å². The highest BCUT2D eigenvalue weighted by atomic mass is 19.1. The number of nitrogens with zero attached hydrogens (tertiary/aromatic N) is 2. The van der Waals surface area contributed by atoms with Gasteiger partial charge < -0.3 is 10.6 Å². The number of halogens is 2. The van der Waals surface area contributed by atoms with Crippen LogP contribution in [0.3, 0.4) is 0 Å². The van der Waals surface area contributed by atoms with E-state index in [0.29, 0.717) is 6.54 Å². The minimum atomic E-state index is -0.722. The summed E-state index contributed by atoms with van der Waals surface area (Å²) in [5, 5.41) is 5.37. The van der Waals surface area contributed by atoms with Crippen molar-refractivity contribution in [2.24, 2.45) is 0 Å². The first-order valence-corrected chi connectivity index (χ1v) is 5.37. The van der Waals surface area contributed by atoms with Crippen LogP contribution in [0.2, 0.25) is 0 Å². The van der Waals surface area contributed by atoms with Gasteiger partial charge in [0.2, 0.25) is 0 Å². The third-order valence-corrected chi connectivity index (χ3v) is 2.38. The van der Waals surface area contributed by atoms with Crippen LogP contribution in [0.1, 0.15) is 5.56 Å². The van der Waals surface area contributed by atoms with Crippen molar-refractivity contribution in [3.8, 4) is 0 Å². The minimum absolute atomic E-state index is 0.00799. The molecule has 18 heavy (non-hydrogen) atoms. The van der Waals surface area contributed by atoms with Gasteiger partial charge in [0.25, 0.3) is 0 Å². The Balaban J connectivity index is 2.14. The maximum absolute atomic E-state index is 13.5. The predicted molar refractivity (Wildman–Crippen MR) is 65.3 cm³/mol. The smallest absolute Gasteiger partial charge is 0.168 e. The Labute approximate surface area is 103 Å². The molecule has 0 aliphatic heterocycles. The molecule has 2 N–H and O–H groups in total. The lowest BCUT2D eigenvalue weighted by Gasteiger charge is -2.09. The normalized spacial score (nSPS) is 10.2. The summed E-state index contributed by atoms with van der Waals surface area (Å²) < 4.78 is 26.7. The van der Waals surface area contributed by atoms with Gasteiger partial charge in [0.1, 0.15) is 0 Å². The summed E-state index contributed by atoms with van der Waals surface area (Å²) in [5.41, 5.74) is 0.932. The molecular weight excluding hydrogens is 238 g/mol. The number of aromatic nitrogens is 2. The van der Waals surface area contributed by atoms with Gasteiger partial charge in [0.15, 0.2) is 23.3 Å². The van der Waals surface area contributed by atoms with Crippen LogP contribution < -0.4 is 10.6 Å². The van der Waals surface area contributed by atoms with Gasteiger partial charge in [-0.15, -0.1) is 0 Å². The third kappa shape index (κ3) is 2.71. The standard InChI is InChI=1S/C12H12F2N4/c1-15-11-9(13)6-10(14)12(18-11)17-7-8-2-4-16-5-3-8/h2-6H,7H2,1H3,(H2,15,17,18). The molecule has 0 aromatic carbocycles. The first kappa shape index (κ1) is 12.2. The van der Waals surface area contributed by atoms with Crippen molar-refractivity contribution in [3.63, 3.8) is 0 Å². The van der Waals surface area contributed by atoms with Gasteiger partial charge in [-0.3, -0.25) is 4.98 Å². The summed E-state index contributed by atoms with van der Waals surface area (Å²) >= 11 is 0. The average molecular weight is 250 g/mol. The molecule has 0 atom stereocenters. The van der Waals surface area contributed by atoms with E-state index in [1.54, 1.807) is 24.5 Å². The van der Waals surface area contributed by atoms with E-state index in [2.05, 4.69) is 20.6 Å². The number of nitrogens with one attached hydrogen (secondary N) is 2. The Morgan fingerprint density at radius 3 is 2.44 bits per heavy atom. The molecule has 0 fully saturated rings. The molecule has 0 saturated heterocycles. The fourth-order valence-corrected chi connectivity index (χ4v) is 1.45. The van der Waals surface area contributed by atoms with E-state index in [1.165, 1.54) is 7.05 Å². The van der Waals surface area contributed by atoms with Crippen LogP contribution in [0.4, 0.5) is 20.4 Å². The van der Waals surface area contributed by atoms with Gasteiger partial charge in [-0.1, -0.05) is 0 Å². The van der Waals surface area contributed by atoms with Crippen LogP contribution in [0.25, 0.3) is 0 Å². The van der Waals surface area contributed by atoms with Crippen LogP contribution >= 0.6 is 0 Å². The van der Waals surface area contributed by atoms with Gasteiger partial charge in [0.05, 0.1) is 0 Å². The lowest BCUT2D eigenvalue weighted by molar-refractivity contribution is 0.578. The lowest BCUT2D eigenvalue weighted by atomic mass is 10.2. The molecule has 2 rings (SSSR count). The van der Waals surface area contributed by atoms with E-state index in [4.69, 9.17) is 0 Å². The van der Waals surface area contributed by atoms with Crippen molar-refractivity contribution in [1.82, 2.24) is 9.97 Å². The molecule has 0 spiro atoms. The van der Waals surface area contributed by atoms with Gasteiger partial charge in [-0.25, -0.2) is 13.8 Å². The highest BCUT2D eigenvalue weighted by molar-refractivity contribution is 5.47. The second-order valence-electron chi connectivity index (χ2n) is 3.61. The van der Waals surface area contributed by atoms with Crippen molar-refractivity contribution in [2.45, 2.75) is 6.54 Å². The van der Waals surface area contributed by atoms with E-state index in [-0.39, 0.29) is 11.6 Å². The molecule has 2 heterocycles. The minimum Gasteiger partial charge on any atom is -0.371 e. The van der Waals surface area contributed by atoms with Crippen molar-refractivity contribution < 1.29 is 8.78 Å². The van der Waals surface area contributed by atoms with Crippen LogP contribution in [-0.4, -0.2) is 17.0 Å². The largest absolute Gasteiger partial charge is 0.371 e. The zero-order chi connectivity index (χ0) is 13.0. The third-order valence-electron chi connectivity index (χ3n) is 2.38. The monoisotopic (exact) mass is 250 g/mol. The second-order valence-corrected chi connectivity index (χ2v) is 3.61. The molecule has 0 radical (unpaired) electrons. The predicted octanol–water partition coefficient (Wildman–Crippen LogP) is 2.41. The summed E-state index contributed by atoms with van der Waals surface area (Å²) in [7, 11) is 1.52. The maximum atomic E-state index is 13.5. The molecule has 0 saturated carbocycles. The number of hydrogen-bond acceptors (Lipinski definition) is 4. The van der Waals surface area contributed by atoms with E-state index >= 15 is 0 Å². The van der Waals surface area contributed by atoms with Crippen LogP contribution in [0, 0.1) is 11.6 Å². The van der Waals surface area contributed by atoms with Gasteiger partial charge >= 0.3 is 0 Å². The van der Waals surface area contributed by atoms with Crippen LogP contribution in [0.15, 0.2) is 30.6 Å². The Kier molecular flexibility index (Phi) is 3.66. The van der Waals surface area contributed by atoms with Gasteiger partial charge in [-0.05, 0) is 17.7 Å². The van der Waals surface area contributed by atoms with Crippen LogP contribution in [0.5, 0.6) is 0 Å². The highest BCUT2D eigenvalue weighted by Gasteiger charge is 2.10. The first-order chi connectivity index (χ1) is 8.70. The topological polar surface area (TPSA) is 49.8 Å². The van der Waals surface area contributed by atoms with Crippen molar-refractivity contribution in [3.05, 3.63) is 47.8 Å². The molecule has 2 aromatic heterocycles. The number of rotatable bonds is 4. The molecule has 6 heteroatoms. The average Bonchev–Trinajstić information content (AvgIpc) is 2.39. The molecule has 0 amide bonds. The molecule has 0 aliphatic carbocycles. The molecule has 0 unspecified atom stereocenters.